The molecule has 15 aromatic carbocycles. The van der Waals surface area contributed by atoms with Crippen molar-refractivity contribution < 1.29 is 56.5 Å². The third kappa shape index (κ3) is 21.7. The molecular weight excluding hydrogens is 1510 g/mol. The molecule has 0 N–H and O–H groups in total. The smallest absolute Gasteiger partial charge is 0.239 e. The van der Waals surface area contributed by atoms with Gasteiger partial charge in [-0.2, -0.15) is 0 Å². The lowest BCUT2D eigenvalue weighted by Gasteiger charge is -2.28. The van der Waals surface area contributed by atoms with Gasteiger partial charge in [-0.05, 0) is 153 Å². The van der Waals surface area contributed by atoms with Crippen LogP contribution in [0.3, 0.4) is 0 Å². The molecule has 3 heterocycles. The molecule has 598 valence electrons. The van der Waals surface area contributed by atoms with Crippen LogP contribution in [0.2, 0.25) is 0 Å². The lowest BCUT2D eigenvalue weighted by molar-refractivity contribution is 0.107. The van der Waals surface area contributed by atoms with E-state index in [1.807, 2.05) is 322 Å². The zero-order valence-corrected chi connectivity index (χ0v) is 66.6. The minimum atomic E-state index is -0.399. The minimum Gasteiger partial charge on any atom is -0.489 e. The van der Waals surface area contributed by atoms with Crippen LogP contribution in [0.5, 0.6) is 51.7 Å². The monoisotopic (exact) mass is 1590 g/mol. The Labute approximate surface area is 704 Å². The summed E-state index contributed by atoms with van der Waals surface area (Å²) in [6.07, 6.45) is 2.21. The van der Waals surface area contributed by atoms with Gasteiger partial charge >= 0.3 is 0 Å². The second-order valence-corrected chi connectivity index (χ2v) is 28.8. The van der Waals surface area contributed by atoms with E-state index in [0.717, 1.165) is 118 Å². The molecule has 13 nitrogen and oxygen atoms in total. The minimum absolute atomic E-state index is 0.134. The number of hydrogen-bond donors (Lipinski definition) is 0. The number of ether oxygens (including phenoxy) is 11. The van der Waals surface area contributed by atoms with Crippen LogP contribution in [0.1, 0.15) is 78.4 Å². The van der Waals surface area contributed by atoms with E-state index in [0.29, 0.717) is 98.8 Å². The van der Waals surface area contributed by atoms with Crippen molar-refractivity contribution in [2.75, 3.05) is 0 Å². The summed E-state index contributed by atoms with van der Waals surface area (Å²) in [4.78, 5) is 14.0. The van der Waals surface area contributed by atoms with E-state index in [1.54, 1.807) is 12.1 Å². The number of rotatable bonds is 30. The molecule has 18 rings (SSSR count). The van der Waals surface area contributed by atoms with Crippen LogP contribution in [-0.2, 0) is 75.4 Å². The number of hydrogen-bond acceptors (Lipinski definition) is 13. The SMILES string of the molecule is C1=C(OCc2ccccc2)C(c2ccc(OCc3ccccc3)cc2)Oc2cccc(OCc3ccccc3)c21.O=c1c(OCc2ccccc2)c(-c2ccc(OCc3ccccc3)cc2)oc2cccc(OCc3ccccc3)c12.c1ccc(COC2=C(c3ccc(OCc4ccccc4)cc3)Oc3cccc(OCc4ccccc4)c3C2)cc1. The molecule has 2 aliphatic heterocycles. The lowest BCUT2D eigenvalue weighted by atomic mass is 10.0. The highest BCUT2D eigenvalue weighted by Crippen LogP contribution is 2.45. The number of allylic oxidation sites excluding steroid dienone is 1. The second-order valence-electron chi connectivity index (χ2n) is 28.8. The van der Waals surface area contributed by atoms with Crippen LogP contribution in [0.25, 0.3) is 34.1 Å². The van der Waals surface area contributed by atoms with E-state index in [2.05, 4.69) is 72.8 Å². The van der Waals surface area contributed by atoms with Crippen LogP contribution in [0, 0.1) is 0 Å². The van der Waals surface area contributed by atoms with Gasteiger partial charge in [-0.1, -0.05) is 303 Å². The second kappa shape index (κ2) is 40.6. The Kier molecular flexibility index (Phi) is 26.7. The predicted molar refractivity (Wildman–Crippen MR) is 474 cm³/mol. The van der Waals surface area contributed by atoms with Crippen molar-refractivity contribution in [2.45, 2.75) is 72.0 Å². The Morgan fingerprint density at radius 2 is 0.636 bits per heavy atom. The summed E-state index contributed by atoms with van der Waals surface area (Å²) in [5, 5.41) is 0.345. The summed E-state index contributed by atoms with van der Waals surface area (Å²) in [6.45, 7) is 3.88. The van der Waals surface area contributed by atoms with Gasteiger partial charge in [-0.15, -0.1) is 0 Å². The Bertz CT molecular complexity index is 6080. The zero-order valence-electron chi connectivity index (χ0n) is 66.6. The highest BCUT2D eigenvalue weighted by atomic mass is 16.5. The molecule has 13 heteroatoms. The first kappa shape index (κ1) is 79.6. The summed E-state index contributed by atoms with van der Waals surface area (Å²) in [5.41, 5.74) is 14.3. The van der Waals surface area contributed by atoms with E-state index < -0.39 is 6.10 Å². The van der Waals surface area contributed by atoms with Gasteiger partial charge in [-0.3, -0.25) is 4.79 Å². The normalized spacial score (nSPS) is 12.3. The molecule has 0 saturated carbocycles. The van der Waals surface area contributed by atoms with E-state index in [1.165, 1.54) is 0 Å². The first-order valence-electron chi connectivity index (χ1n) is 40.3. The van der Waals surface area contributed by atoms with Crippen LogP contribution >= 0.6 is 0 Å². The molecule has 0 aliphatic carbocycles. The molecule has 0 saturated heterocycles. The molecule has 2 aliphatic rings. The molecule has 1 unspecified atom stereocenters. The Balaban J connectivity index is 0.000000135. The predicted octanol–water partition coefficient (Wildman–Crippen LogP) is 25.1. The quantitative estimate of drug-likeness (QED) is 0.0423. The third-order valence-corrected chi connectivity index (χ3v) is 20.2. The Hall–Kier alpha value is -15.2. The standard InChI is InChI=1S/C36H28O5.2C36H30O4/c37-34-33-31(39-24-27-13-6-2-7-14-27)17-10-18-32(33)41-35(36(34)40-25-28-15-8-3-9-16-28)29-19-21-30(22-20-29)38-23-26-11-4-1-5-12-26;2*1-4-11-27(12-5-1)24-37-31-21-19-30(20-22-31)36-35(39-26-29-15-8-3-9-16-29)23-32-33(17-10-18-34(32)40-36)38-25-28-13-6-2-7-14-28/h1-22H,23-25H2;1-22H,23-26H2;1-23,36H,24-26H2. The maximum atomic E-state index is 14.0. The van der Waals surface area contributed by atoms with Crippen LogP contribution in [0.4, 0.5) is 0 Å². The van der Waals surface area contributed by atoms with Crippen molar-refractivity contribution in [1.29, 1.82) is 0 Å². The van der Waals surface area contributed by atoms with Gasteiger partial charge in [0.25, 0.3) is 0 Å². The molecule has 16 aromatic rings. The number of fused-ring (bicyclic) bond motifs is 3. The lowest BCUT2D eigenvalue weighted by Crippen LogP contribution is -2.17. The van der Waals surface area contributed by atoms with Gasteiger partial charge in [-0.25, -0.2) is 0 Å². The van der Waals surface area contributed by atoms with Crippen LogP contribution in [0.15, 0.2) is 421 Å². The molecule has 1 aromatic heterocycles. The van der Waals surface area contributed by atoms with E-state index >= 15 is 0 Å². The van der Waals surface area contributed by atoms with Crippen molar-refractivity contribution in [3.8, 4) is 63.1 Å². The van der Waals surface area contributed by atoms with Crippen molar-refractivity contribution >= 4 is 22.8 Å². The molecule has 0 bridgehead atoms. The highest BCUT2D eigenvalue weighted by Gasteiger charge is 2.30. The average Bonchev–Trinajstić information content (AvgIpc) is 0.744. The Morgan fingerprint density at radius 3 is 1.08 bits per heavy atom. The van der Waals surface area contributed by atoms with Crippen LogP contribution in [-0.4, -0.2) is 0 Å². The van der Waals surface area contributed by atoms with E-state index in [4.69, 9.17) is 56.5 Å². The van der Waals surface area contributed by atoms with Gasteiger partial charge in [0.1, 0.15) is 128 Å². The maximum absolute atomic E-state index is 14.0. The Morgan fingerprint density at radius 1 is 0.289 bits per heavy atom. The van der Waals surface area contributed by atoms with Crippen molar-refractivity contribution in [3.05, 3.63) is 494 Å². The van der Waals surface area contributed by atoms with Crippen LogP contribution < -0.4 is 48.1 Å². The summed E-state index contributed by atoms with van der Waals surface area (Å²) in [7, 11) is 0. The molecule has 0 amide bonds. The van der Waals surface area contributed by atoms with Gasteiger partial charge in [0.05, 0.1) is 5.56 Å². The molecular formula is C108H88O13. The molecule has 0 fully saturated rings. The third-order valence-electron chi connectivity index (χ3n) is 20.2. The topological polar surface area (TPSA) is 132 Å². The fourth-order valence-electron chi connectivity index (χ4n) is 13.8. The van der Waals surface area contributed by atoms with Crippen molar-refractivity contribution in [1.82, 2.24) is 0 Å². The van der Waals surface area contributed by atoms with E-state index in [-0.39, 0.29) is 17.8 Å². The number of benzene rings is 15. The molecule has 0 spiro atoms. The highest BCUT2D eigenvalue weighted by molar-refractivity contribution is 5.87. The van der Waals surface area contributed by atoms with Crippen molar-refractivity contribution in [2.24, 2.45) is 0 Å². The van der Waals surface area contributed by atoms with Gasteiger partial charge in [0, 0.05) is 28.7 Å². The largest absolute Gasteiger partial charge is 0.489 e. The summed E-state index contributed by atoms with van der Waals surface area (Å²) in [5.74, 6) is 8.53. The van der Waals surface area contributed by atoms with Gasteiger partial charge in [0.2, 0.25) is 11.2 Å². The summed E-state index contributed by atoms with van der Waals surface area (Å²) in [6, 6.07) is 131. The fraction of sp³-hybridized carbons (Fsp3) is 0.102. The maximum Gasteiger partial charge on any atom is 0.239 e. The zero-order chi connectivity index (χ0) is 81.8. The van der Waals surface area contributed by atoms with Gasteiger partial charge in [0.15, 0.2) is 17.6 Å². The molecule has 0 radical (unpaired) electrons. The molecule has 121 heavy (non-hydrogen) atoms. The first-order chi connectivity index (χ1) is 59.9. The molecule has 1 atom stereocenters. The summed E-state index contributed by atoms with van der Waals surface area (Å²) >= 11 is 0. The average molecular weight is 1590 g/mol. The first-order valence-corrected chi connectivity index (χ1v) is 40.3. The fourth-order valence-corrected chi connectivity index (χ4v) is 13.8. The van der Waals surface area contributed by atoms with E-state index in [9.17, 15) is 4.79 Å². The van der Waals surface area contributed by atoms with Gasteiger partial charge < -0.3 is 56.5 Å². The van der Waals surface area contributed by atoms with Crippen molar-refractivity contribution in [3.63, 3.8) is 0 Å². The summed E-state index contributed by atoms with van der Waals surface area (Å²) < 4.78 is 74.9.